The minimum absolute atomic E-state index is 0.00813. The Morgan fingerprint density at radius 2 is 1.40 bits per heavy atom. The Morgan fingerprint density at radius 1 is 0.800 bits per heavy atom. The van der Waals surface area contributed by atoms with Crippen LogP contribution in [0.5, 0.6) is 0 Å². The Morgan fingerprint density at radius 3 is 1.80 bits per heavy atom. The number of unbranched alkanes of at least 4 members (excludes halogenated alkanes) is 1. The molecule has 4 heteroatoms. The molecule has 0 saturated carbocycles. The van der Waals surface area contributed by atoms with E-state index in [9.17, 15) is 0 Å². The molecule has 0 saturated heterocycles. The van der Waals surface area contributed by atoms with Gasteiger partial charge < -0.3 is 18.9 Å². The Hall–Kier alpha value is -0.160. The van der Waals surface area contributed by atoms with Crippen molar-refractivity contribution < 1.29 is 18.9 Å². The molecular formula is C21H44O4. The first kappa shape index (κ1) is 24.8. The third-order valence-corrected chi connectivity index (χ3v) is 5.53. The zero-order valence-corrected chi connectivity index (χ0v) is 18.0. The highest BCUT2D eigenvalue weighted by Gasteiger charge is 2.37. The van der Waals surface area contributed by atoms with Gasteiger partial charge in [0.15, 0.2) is 0 Å². The second-order valence-corrected chi connectivity index (χ2v) is 7.63. The van der Waals surface area contributed by atoms with Crippen LogP contribution in [0.15, 0.2) is 0 Å². The first-order valence-electron chi connectivity index (χ1n) is 10.0. The van der Waals surface area contributed by atoms with Crippen molar-refractivity contribution in [2.45, 2.75) is 72.0 Å². The number of rotatable bonds is 16. The quantitative estimate of drug-likeness (QED) is 0.396. The summed E-state index contributed by atoms with van der Waals surface area (Å²) in [6.07, 6.45) is 6.19. The zero-order chi connectivity index (χ0) is 19.2. The van der Waals surface area contributed by atoms with Gasteiger partial charge in [-0.3, -0.25) is 0 Å². The molecule has 152 valence electrons. The topological polar surface area (TPSA) is 36.9 Å². The standard InChI is InChI=1S/C21H44O4/c1-9-11-12-17(10-2)13-18(14-22-5)20(24-7)21(25-8)19(15-23-6)16(3)4/h16-21H,9-15H2,1-8H3. The van der Waals surface area contributed by atoms with Crippen molar-refractivity contribution >= 4 is 0 Å². The Kier molecular flexibility index (Phi) is 14.9. The van der Waals surface area contributed by atoms with E-state index < -0.39 is 0 Å². The summed E-state index contributed by atoms with van der Waals surface area (Å²) in [5.41, 5.74) is 0. The van der Waals surface area contributed by atoms with Gasteiger partial charge in [-0.05, 0) is 18.3 Å². The molecular weight excluding hydrogens is 316 g/mol. The summed E-state index contributed by atoms with van der Waals surface area (Å²) in [6.45, 7) is 10.4. The summed E-state index contributed by atoms with van der Waals surface area (Å²) in [6, 6.07) is 0. The van der Waals surface area contributed by atoms with E-state index in [1.165, 1.54) is 25.7 Å². The van der Waals surface area contributed by atoms with Crippen LogP contribution < -0.4 is 0 Å². The van der Waals surface area contributed by atoms with Gasteiger partial charge in [-0.1, -0.05) is 53.4 Å². The lowest BCUT2D eigenvalue weighted by atomic mass is 9.79. The predicted molar refractivity (Wildman–Crippen MR) is 105 cm³/mol. The predicted octanol–water partition coefficient (Wildman–Crippen LogP) is 4.80. The highest BCUT2D eigenvalue weighted by atomic mass is 16.5. The molecule has 0 aliphatic rings. The molecule has 4 nitrogen and oxygen atoms in total. The fourth-order valence-electron chi connectivity index (χ4n) is 3.93. The van der Waals surface area contributed by atoms with Crippen LogP contribution in [0.2, 0.25) is 0 Å². The molecule has 0 amide bonds. The van der Waals surface area contributed by atoms with Gasteiger partial charge >= 0.3 is 0 Å². The van der Waals surface area contributed by atoms with Gasteiger partial charge in [-0.25, -0.2) is 0 Å². The van der Waals surface area contributed by atoms with Crippen LogP contribution in [-0.2, 0) is 18.9 Å². The van der Waals surface area contributed by atoms with Gasteiger partial charge in [-0.15, -0.1) is 0 Å². The maximum Gasteiger partial charge on any atom is 0.0888 e. The molecule has 0 aromatic carbocycles. The lowest BCUT2D eigenvalue weighted by Gasteiger charge is -2.38. The van der Waals surface area contributed by atoms with Gasteiger partial charge in [0.1, 0.15) is 0 Å². The molecule has 0 aliphatic carbocycles. The SMILES string of the molecule is CCCCC(CC)CC(COC)C(OC)C(OC)C(COC)C(C)C. The van der Waals surface area contributed by atoms with E-state index in [1.807, 2.05) is 0 Å². The number of hydrogen-bond acceptors (Lipinski definition) is 4. The maximum absolute atomic E-state index is 5.98. The second-order valence-electron chi connectivity index (χ2n) is 7.63. The number of methoxy groups -OCH3 is 4. The largest absolute Gasteiger partial charge is 0.384 e. The summed E-state index contributed by atoms with van der Waals surface area (Å²) in [7, 11) is 7.13. The van der Waals surface area contributed by atoms with Crippen molar-refractivity contribution in [1.82, 2.24) is 0 Å². The molecule has 0 fully saturated rings. The highest BCUT2D eigenvalue weighted by molar-refractivity contribution is 4.86. The summed E-state index contributed by atoms with van der Waals surface area (Å²) < 4.78 is 23.0. The summed E-state index contributed by atoms with van der Waals surface area (Å²) >= 11 is 0. The summed E-state index contributed by atoms with van der Waals surface area (Å²) in [5.74, 6) is 1.82. The van der Waals surface area contributed by atoms with Crippen molar-refractivity contribution in [2.75, 3.05) is 41.7 Å². The van der Waals surface area contributed by atoms with Crippen LogP contribution in [0.4, 0.5) is 0 Å². The average molecular weight is 361 g/mol. The number of ether oxygens (including phenoxy) is 4. The van der Waals surface area contributed by atoms with Crippen LogP contribution in [0.25, 0.3) is 0 Å². The van der Waals surface area contributed by atoms with E-state index in [0.717, 1.165) is 12.3 Å². The molecule has 0 aromatic heterocycles. The smallest absolute Gasteiger partial charge is 0.0888 e. The van der Waals surface area contributed by atoms with E-state index in [2.05, 4.69) is 27.7 Å². The highest BCUT2D eigenvalue weighted by Crippen LogP contribution is 2.31. The fourth-order valence-corrected chi connectivity index (χ4v) is 3.93. The molecule has 0 radical (unpaired) electrons. The second kappa shape index (κ2) is 15.0. The van der Waals surface area contributed by atoms with Crippen molar-refractivity contribution in [1.29, 1.82) is 0 Å². The van der Waals surface area contributed by atoms with Gasteiger partial charge in [0, 0.05) is 40.3 Å². The first-order valence-corrected chi connectivity index (χ1v) is 10.0. The third kappa shape index (κ3) is 8.85. The molecule has 5 unspecified atom stereocenters. The van der Waals surface area contributed by atoms with Crippen LogP contribution in [0.3, 0.4) is 0 Å². The van der Waals surface area contributed by atoms with E-state index in [4.69, 9.17) is 18.9 Å². The van der Waals surface area contributed by atoms with Crippen molar-refractivity contribution in [2.24, 2.45) is 23.7 Å². The summed E-state index contributed by atoms with van der Waals surface area (Å²) in [4.78, 5) is 0. The van der Waals surface area contributed by atoms with Crippen LogP contribution >= 0.6 is 0 Å². The van der Waals surface area contributed by atoms with Crippen molar-refractivity contribution in [3.8, 4) is 0 Å². The van der Waals surface area contributed by atoms with Crippen LogP contribution in [-0.4, -0.2) is 53.9 Å². The molecule has 0 bridgehead atoms. The fraction of sp³-hybridized carbons (Fsp3) is 1.00. The molecule has 0 aromatic rings. The van der Waals surface area contributed by atoms with E-state index in [0.29, 0.717) is 31.0 Å². The first-order chi connectivity index (χ1) is 12.0. The molecule has 0 spiro atoms. The average Bonchev–Trinajstić information content (AvgIpc) is 2.60. The van der Waals surface area contributed by atoms with E-state index in [-0.39, 0.29) is 12.2 Å². The van der Waals surface area contributed by atoms with Crippen molar-refractivity contribution in [3.05, 3.63) is 0 Å². The Labute approximate surface area is 156 Å². The molecule has 0 N–H and O–H groups in total. The molecule has 25 heavy (non-hydrogen) atoms. The minimum Gasteiger partial charge on any atom is -0.384 e. The lowest BCUT2D eigenvalue weighted by molar-refractivity contribution is -0.122. The van der Waals surface area contributed by atoms with Gasteiger partial charge in [0.25, 0.3) is 0 Å². The Bertz CT molecular complexity index is 296. The molecule has 0 aliphatic heterocycles. The molecule has 0 rings (SSSR count). The maximum atomic E-state index is 5.98. The van der Waals surface area contributed by atoms with Crippen LogP contribution in [0.1, 0.15) is 59.8 Å². The molecule has 5 atom stereocenters. The van der Waals surface area contributed by atoms with E-state index >= 15 is 0 Å². The summed E-state index contributed by atoms with van der Waals surface area (Å²) in [5, 5.41) is 0. The van der Waals surface area contributed by atoms with E-state index in [1.54, 1.807) is 28.4 Å². The minimum atomic E-state index is 0.00813. The van der Waals surface area contributed by atoms with Gasteiger partial charge in [-0.2, -0.15) is 0 Å². The number of hydrogen-bond donors (Lipinski definition) is 0. The van der Waals surface area contributed by atoms with Crippen molar-refractivity contribution in [3.63, 3.8) is 0 Å². The normalized spacial score (nSPS) is 18.1. The molecule has 0 heterocycles. The van der Waals surface area contributed by atoms with Gasteiger partial charge in [0.05, 0.1) is 25.4 Å². The third-order valence-electron chi connectivity index (χ3n) is 5.53. The lowest BCUT2D eigenvalue weighted by Crippen LogP contribution is -2.46. The van der Waals surface area contributed by atoms with Gasteiger partial charge in [0.2, 0.25) is 0 Å². The van der Waals surface area contributed by atoms with Crippen LogP contribution in [0, 0.1) is 23.7 Å². The monoisotopic (exact) mass is 360 g/mol. The zero-order valence-electron chi connectivity index (χ0n) is 18.0. The Balaban J connectivity index is 5.30.